The van der Waals surface area contributed by atoms with Crippen molar-refractivity contribution in [3.05, 3.63) is 33.8 Å². The van der Waals surface area contributed by atoms with Crippen LogP contribution in [0.25, 0.3) is 0 Å². The Morgan fingerprint density at radius 1 is 1.25 bits per heavy atom. The predicted molar refractivity (Wildman–Crippen MR) is 88.3 cm³/mol. The maximum Gasteiger partial charge on any atom is 0.0478 e. The van der Waals surface area contributed by atoms with E-state index in [9.17, 15) is 0 Å². The van der Waals surface area contributed by atoms with Gasteiger partial charge in [0.15, 0.2) is 0 Å². The molecule has 20 heavy (non-hydrogen) atoms. The van der Waals surface area contributed by atoms with Crippen LogP contribution in [-0.2, 0) is 17.6 Å². The van der Waals surface area contributed by atoms with E-state index >= 15 is 0 Å². The van der Waals surface area contributed by atoms with Crippen molar-refractivity contribution in [2.45, 2.75) is 51.5 Å². The minimum Gasteiger partial charge on any atom is -0.381 e. The molecule has 1 aliphatic carbocycles. The quantitative estimate of drug-likeness (QED) is 0.720. The van der Waals surface area contributed by atoms with E-state index in [0.29, 0.717) is 6.04 Å². The lowest BCUT2D eigenvalue weighted by Gasteiger charge is -2.25. The van der Waals surface area contributed by atoms with Gasteiger partial charge >= 0.3 is 0 Å². The molecule has 1 aromatic rings. The number of hydrogen-bond acceptors (Lipinski definition) is 2. The smallest absolute Gasteiger partial charge is 0.0478 e. The summed E-state index contributed by atoms with van der Waals surface area (Å²) >= 11 is 3.55. The van der Waals surface area contributed by atoms with Crippen molar-refractivity contribution in [2.24, 2.45) is 0 Å². The van der Waals surface area contributed by atoms with Crippen LogP contribution in [0.2, 0.25) is 0 Å². The molecule has 0 fully saturated rings. The molecular formula is C17H26BrNO. The lowest BCUT2D eigenvalue weighted by molar-refractivity contribution is 0.128. The summed E-state index contributed by atoms with van der Waals surface area (Å²) in [7, 11) is 0. The molecule has 0 heterocycles. The van der Waals surface area contributed by atoms with Crippen LogP contribution >= 0.6 is 15.9 Å². The monoisotopic (exact) mass is 339 g/mol. The van der Waals surface area contributed by atoms with Gasteiger partial charge < -0.3 is 10.1 Å². The maximum atomic E-state index is 5.59. The first-order valence-corrected chi connectivity index (χ1v) is 8.67. The van der Waals surface area contributed by atoms with Crippen LogP contribution in [-0.4, -0.2) is 25.8 Å². The van der Waals surface area contributed by atoms with Crippen molar-refractivity contribution in [1.29, 1.82) is 0 Å². The van der Waals surface area contributed by atoms with Gasteiger partial charge in [-0.25, -0.2) is 0 Å². The second kappa shape index (κ2) is 8.81. The number of rotatable bonds is 8. The highest BCUT2D eigenvalue weighted by Gasteiger charge is 2.17. The fourth-order valence-electron chi connectivity index (χ4n) is 2.73. The van der Waals surface area contributed by atoms with Crippen LogP contribution in [0.5, 0.6) is 0 Å². The Balaban J connectivity index is 1.63. The Bertz CT molecular complexity index is 408. The average molecular weight is 340 g/mol. The third-order valence-electron chi connectivity index (χ3n) is 3.94. The highest BCUT2D eigenvalue weighted by molar-refractivity contribution is 9.10. The van der Waals surface area contributed by atoms with Crippen molar-refractivity contribution in [3.8, 4) is 0 Å². The number of ether oxygens (including phenoxy) is 1. The number of fused-ring (bicyclic) bond motifs is 1. The maximum absolute atomic E-state index is 5.59. The molecule has 0 aliphatic heterocycles. The molecule has 0 radical (unpaired) electrons. The van der Waals surface area contributed by atoms with Gasteiger partial charge in [0.2, 0.25) is 0 Å². The van der Waals surface area contributed by atoms with Gasteiger partial charge in [0, 0.05) is 23.7 Å². The van der Waals surface area contributed by atoms with Gasteiger partial charge in [0.1, 0.15) is 0 Å². The Kier molecular flexibility index (Phi) is 7.05. The van der Waals surface area contributed by atoms with E-state index < -0.39 is 0 Å². The van der Waals surface area contributed by atoms with Gasteiger partial charge in [0.05, 0.1) is 0 Å². The Morgan fingerprint density at radius 3 is 2.95 bits per heavy atom. The van der Waals surface area contributed by atoms with E-state index in [1.165, 1.54) is 47.7 Å². The van der Waals surface area contributed by atoms with E-state index in [2.05, 4.69) is 46.4 Å². The van der Waals surface area contributed by atoms with Gasteiger partial charge in [-0.3, -0.25) is 0 Å². The molecule has 1 unspecified atom stereocenters. The van der Waals surface area contributed by atoms with E-state index in [-0.39, 0.29) is 0 Å². The number of benzene rings is 1. The molecule has 0 aromatic heterocycles. The summed E-state index contributed by atoms with van der Waals surface area (Å²) in [6.45, 7) is 5.08. The average Bonchev–Trinajstić information content (AvgIpc) is 2.46. The fourth-order valence-corrected chi connectivity index (χ4v) is 3.14. The number of aryl methyl sites for hydroxylation is 1. The highest BCUT2D eigenvalue weighted by Crippen LogP contribution is 2.24. The minimum absolute atomic E-state index is 0.638. The largest absolute Gasteiger partial charge is 0.381 e. The number of hydrogen-bond donors (Lipinski definition) is 1. The number of halogens is 1. The predicted octanol–water partition coefficient (Wildman–Crippen LogP) is 4.10. The van der Waals surface area contributed by atoms with Crippen molar-refractivity contribution >= 4 is 15.9 Å². The van der Waals surface area contributed by atoms with Crippen LogP contribution in [0.15, 0.2) is 22.7 Å². The molecule has 0 saturated carbocycles. The molecule has 1 atom stereocenters. The zero-order valence-corrected chi connectivity index (χ0v) is 14.0. The van der Waals surface area contributed by atoms with Crippen molar-refractivity contribution in [2.75, 3.05) is 19.8 Å². The molecule has 1 N–H and O–H groups in total. The fraction of sp³-hybridized carbons (Fsp3) is 0.647. The first-order valence-electron chi connectivity index (χ1n) is 7.88. The zero-order chi connectivity index (χ0) is 14.2. The van der Waals surface area contributed by atoms with E-state index in [0.717, 1.165) is 26.2 Å². The molecule has 2 nitrogen and oxygen atoms in total. The lowest BCUT2D eigenvalue weighted by Crippen LogP contribution is -2.35. The van der Waals surface area contributed by atoms with Gasteiger partial charge in [-0.15, -0.1) is 0 Å². The third kappa shape index (κ3) is 5.19. The van der Waals surface area contributed by atoms with Gasteiger partial charge in [-0.2, -0.15) is 0 Å². The molecule has 112 valence electrons. The van der Waals surface area contributed by atoms with Crippen LogP contribution in [0.4, 0.5) is 0 Å². The standard InChI is InChI=1S/C17H26BrNO/c1-2-3-10-20-11-4-9-19-17-8-6-14-12-16(18)7-5-15(14)13-17/h5,7,12,17,19H,2-4,6,8-11,13H2,1H3. The number of nitrogens with one attached hydrogen (secondary N) is 1. The lowest BCUT2D eigenvalue weighted by atomic mass is 9.88. The van der Waals surface area contributed by atoms with Crippen molar-refractivity contribution < 1.29 is 4.74 Å². The molecule has 1 aliphatic rings. The molecule has 3 heteroatoms. The van der Waals surface area contributed by atoms with Gasteiger partial charge in [-0.1, -0.05) is 35.3 Å². The van der Waals surface area contributed by atoms with Gasteiger partial charge in [-0.05, 0) is 61.9 Å². The first kappa shape index (κ1) is 16.0. The normalized spacial score (nSPS) is 18.0. The molecule has 1 aromatic carbocycles. The van der Waals surface area contributed by atoms with Crippen molar-refractivity contribution in [1.82, 2.24) is 5.32 Å². The first-order chi connectivity index (χ1) is 9.79. The Hall–Kier alpha value is -0.380. The molecule has 0 spiro atoms. The summed E-state index contributed by atoms with van der Waals surface area (Å²) in [6, 6.07) is 7.33. The highest BCUT2D eigenvalue weighted by atomic mass is 79.9. The third-order valence-corrected chi connectivity index (χ3v) is 4.43. The van der Waals surface area contributed by atoms with E-state index in [1.807, 2.05) is 0 Å². The van der Waals surface area contributed by atoms with Crippen LogP contribution in [0.1, 0.15) is 43.7 Å². The van der Waals surface area contributed by atoms with E-state index in [1.54, 1.807) is 0 Å². The molecule has 2 rings (SSSR count). The summed E-state index contributed by atoms with van der Waals surface area (Å²) < 4.78 is 6.79. The Labute approximate surface area is 131 Å². The summed E-state index contributed by atoms with van der Waals surface area (Å²) in [4.78, 5) is 0. The molecule has 0 amide bonds. The molecule has 0 saturated heterocycles. The van der Waals surface area contributed by atoms with Crippen LogP contribution < -0.4 is 5.32 Å². The summed E-state index contributed by atoms with van der Waals surface area (Å²) in [5.41, 5.74) is 3.02. The SMILES string of the molecule is CCCCOCCCNC1CCc2cc(Br)ccc2C1. The Morgan fingerprint density at radius 2 is 2.10 bits per heavy atom. The number of unbranched alkanes of at least 4 members (excludes halogenated alkanes) is 1. The van der Waals surface area contributed by atoms with Crippen LogP contribution in [0, 0.1) is 0 Å². The summed E-state index contributed by atoms with van der Waals surface area (Å²) in [5, 5.41) is 3.68. The second-order valence-corrected chi connectivity index (χ2v) is 6.54. The molecule has 0 bridgehead atoms. The van der Waals surface area contributed by atoms with Crippen molar-refractivity contribution in [3.63, 3.8) is 0 Å². The topological polar surface area (TPSA) is 21.3 Å². The van der Waals surface area contributed by atoms with Gasteiger partial charge in [0.25, 0.3) is 0 Å². The second-order valence-electron chi connectivity index (χ2n) is 5.63. The van der Waals surface area contributed by atoms with E-state index in [4.69, 9.17) is 4.74 Å². The minimum atomic E-state index is 0.638. The zero-order valence-electron chi connectivity index (χ0n) is 12.5. The summed E-state index contributed by atoms with van der Waals surface area (Å²) in [5.74, 6) is 0. The molecular weight excluding hydrogens is 314 g/mol. The van der Waals surface area contributed by atoms with Crippen LogP contribution in [0.3, 0.4) is 0 Å². The summed E-state index contributed by atoms with van der Waals surface area (Å²) in [6.07, 6.45) is 7.13.